The highest BCUT2D eigenvalue weighted by Crippen LogP contribution is 2.10. The SMILES string of the molecule is C=CC(/C=C/CC(=O)N[C@H](C(=O)N[C@@H](C)C(=O)N1CCC[C@@H](C(=O)OC)N1)C(C)C)=NC. The quantitative estimate of drug-likeness (QED) is 0.329. The molecular weight excluding hydrogens is 414 g/mol. The molecule has 10 heteroatoms. The third kappa shape index (κ3) is 8.26. The number of hydrazine groups is 1. The van der Waals surface area contributed by atoms with E-state index in [0.717, 1.165) is 0 Å². The van der Waals surface area contributed by atoms with Crippen LogP contribution in [0.1, 0.15) is 40.0 Å². The van der Waals surface area contributed by atoms with E-state index in [1.165, 1.54) is 12.1 Å². The van der Waals surface area contributed by atoms with E-state index in [0.29, 0.717) is 25.1 Å². The van der Waals surface area contributed by atoms with Crippen LogP contribution in [0.3, 0.4) is 0 Å². The van der Waals surface area contributed by atoms with Crippen molar-refractivity contribution in [1.82, 2.24) is 21.1 Å². The van der Waals surface area contributed by atoms with Crippen LogP contribution in [-0.4, -0.2) is 73.2 Å². The Morgan fingerprint density at radius 1 is 1.25 bits per heavy atom. The topological polar surface area (TPSA) is 129 Å². The van der Waals surface area contributed by atoms with Crippen LogP contribution in [0.4, 0.5) is 0 Å². The highest BCUT2D eigenvalue weighted by atomic mass is 16.5. The fourth-order valence-electron chi connectivity index (χ4n) is 3.14. The molecule has 3 atom stereocenters. The van der Waals surface area contributed by atoms with Gasteiger partial charge in [0.25, 0.3) is 5.91 Å². The molecule has 0 aromatic heterocycles. The molecule has 1 saturated heterocycles. The average Bonchev–Trinajstić information content (AvgIpc) is 2.78. The predicted molar refractivity (Wildman–Crippen MR) is 122 cm³/mol. The summed E-state index contributed by atoms with van der Waals surface area (Å²) >= 11 is 0. The van der Waals surface area contributed by atoms with Gasteiger partial charge in [-0.05, 0) is 37.8 Å². The van der Waals surface area contributed by atoms with Crippen molar-refractivity contribution in [3.05, 3.63) is 24.8 Å². The Morgan fingerprint density at radius 2 is 1.94 bits per heavy atom. The maximum absolute atomic E-state index is 12.8. The number of allylic oxidation sites excluding steroid dienone is 2. The van der Waals surface area contributed by atoms with Crippen LogP contribution < -0.4 is 16.1 Å². The Hall–Kier alpha value is -3.01. The molecule has 1 aliphatic rings. The largest absolute Gasteiger partial charge is 0.468 e. The number of methoxy groups -OCH3 is 1. The number of aliphatic imine (C=N–C) groups is 1. The summed E-state index contributed by atoms with van der Waals surface area (Å²) < 4.78 is 4.73. The van der Waals surface area contributed by atoms with Gasteiger partial charge in [0.1, 0.15) is 18.1 Å². The monoisotopic (exact) mass is 449 g/mol. The molecule has 0 saturated carbocycles. The van der Waals surface area contributed by atoms with Gasteiger partial charge in [-0.15, -0.1) is 0 Å². The highest BCUT2D eigenvalue weighted by molar-refractivity contribution is 6.03. The smallest absolute Gasteiger partial charge is 0.324 e. The molecule has 0 radical (unpaired) electrons. The molecule has 0 aromatic rings. The van der Waals surface area contributed by atoms with Crippen molar-refractivity contribution < 1.29 is 23.9 Å². The minimum atomic E-state index is -0.847. The van der Waals surface area contributed by atoms with Gasteiger partial charge in [-0.3, -0.25) is 29.2 Å². The molecule has 1 heterocycles. The van der Waals surface area contributed by atoms with Crippen LogP contribution in [0.5, 0.6) is 0 Å². The molecule has 0 aliphatic carbocycles. The number of esters is 1. The fourth-order valence-corrected chi connectivity index (χ4v) is 3.14. The Labute approximate surface area is 189 Å². The van der Waals surface area contributed by atoms with Gasteiger partial charge in [0.15, 0.2) is 0 Å². The van der Waals surface area contributed by atoms with Gasteiger partial charge in [-0.25, -0.2) is 5.43 Å². The zero-order valence-electron chi connectivity index (χ0n) is 19.5. The van der Waals surface area contributed by atoms with Crippen LogP contribution in [0.25, 0.3) is 0 Å². The molecule has 1 fully saturated rings. The van der Waals surface area contributed by atoms with Crippen LogP contribution in [0.2, 0.25) is 0 Å². The molecule has 178 valence electrons. The summed E-state index contributed by atoms with van der Waals surface area (Å²) in [5.41, 5.74) is 3.49. The number of amides is 3. The molecule has 1 rings (SSSR count). The number of carbonyl (C=O) groups is 4. The molecule has 3 amide bonds. The highest BCUT2D eigenvalue weighted by Gasteiger charge is 2.32. The van der Waals surface area contributed by atoms with Gasteiger partial charge in [0.2, 0.25) is 11.8 Å². The number of hydrogen-bond acceptors (Lipinski definition) is 7. The molecule has 0 spiro atoms. The maximum Gasteiger partial charge on any atom is 0.324 e. The number of nitrogens with one attached hydrogen (secondary N) is 3. The zero-order valence-corrected chi connectivity index (χ0v) is 19.5. The van der Waals surface area contributed by atoms with Gasteiger partial charge in [0, 0.05) is 20.0 Å². The molecule has 32 heavy (non-hydrogen) atoms. The van der Waals surface area contributed by atoms with Gasteiger partial charge in [-0.1, -0.05) is 26.5 Å². The van der Waals surface area contributed by atoms with Crippen LogP contribution in [0, 0.1) is 5.92 Å². The first-order valence-electron chi connectivity index (χ1n) is 10.6. The lowest BCUT2D eigenvalue weighted by Gasteiger charge is -2.34. The molecule has 0 aromatic carbocycles. The average molecular weight is 450 g/mol. The van der Waals surface area contributed by atoms with Crippen molar-refractivity contribution in [2.24, 2.45) is 10.9 Å². The molecule has 0 unspecified atom stereocenters. The molecule has 10 nitrogen and oxygen atoms in total. The second-order valence-corrected chi connectivity index (χ2v) is 7.82. The van der Waals surface area contributed by atoms with Crippen molar-refractivity contribution in [2.75, 3.05) is 20.7 Å². The summed E-state index contributed by atoms with van der Waals surface area (Å²) in [6, 6.07) is -2.25. The van der Waals surface area contributed by atoms with Crippen molar-refractivity contribution in [3.63, 3.8) is 0 Å². The van der Waals surface area contributed by atoms with Gasteiger partial charge in [0.05, 0.1) is 12.8 Å². The molecular formula is C22H35N5O5. The summed E-state index contributed by atoms with van der Waals surface area (Å²) in [7, 11) is 2.91. The van der Waals surface area contributed by atoms with Crippen LogP contribution >= 0.6 is 0 Å². The normalized spacial score (nSPS) is 18.8. The number of carbonyl (C=O) groups excluding carboxylic acids is 4. The van der Waals surface area contributed by atoms with E-state index in [9.17, 15) is 19.2 Å². The first kappa shape index (κ1) is 27.0. The summed E-state index contributed by atoms with van der Waals surface area (Å²) in [5, 5.41) is 6.70. The van der Waals surface area contributed by atoms with E-state index in [4.69, 9.17) is 4.74 Å². The first-order valence-corrected chi connectivity index (χ1v) is 10.6. The van der Waals surface area contributed by atoms with E-state index in [2.05, 4.69) is 27.6 Å². The Morgan fingerprint density at radius 3 is 2.50 bits per heavy atom. The Kier molecular flexibility index (Phi) is 11.3. The Balaban J connectivity index is 2.68. The van der Waals surface area contributed by atoms with Crippen molar-refractivity contribution in [1.29, 1.82) is 0 Å². The second-order valence-electron chi connectivity index (χ2n) is 7.82. The predicted octanol–water partition coefficient (Wildman–Crippen LogP) is 0.504. The van der Waals surface area contributed by atoms with Gasteiger partial charge < -0.3 is 15.4 Å². The van der Waals surface area contributed by atoms with Gasteiger partial charge in [-0.2, -0.15) is 0 Å². The van der Waals surface area contributed by atoms with E-state index in [1.807, 2.05) is 0 Å². The number of rotatable bonds is 10. The lowest BCUT2D eigenvalue weighted by molar-refractivity contribution is -0.150. The number of nitrogens with zero attached hydrogens (tertiary/aromatic N) is 2. The third-order valence-corrected chi connectivity index (χ3v) is 4.99. The van der Waals surface area contributed by atoms with E-state index in [1.54, 1.807) is 46.0 Å². The van der Waals surface area contributed by atoms with Crippen LogP contribution in [-0.2, 0) is 23.9 Å². The van der Waals surface area contributed by atoms with Crippen LogP contribution in [0.15, 0.2) is 29.8 Å². The fraction of sp³-hybridized carbons (Fsp3) is 0.591. The molecule has 0 bridgehead atoms. The van der Waals surface area contributed by atoms with E-state index in [-0.39, 0.29) is 24.2 Å². The third-order valence-electron chi connectivity index (χ3n) is 4.99. The standard InChI is InChI=1S/C22H35N5O5/c1-7-16(23-5)10-8-12-18(28)25-19(14(2)3)20(29)24-15(4)21(30)27-13-9-11-17(26-27)22(31)32-6/h7-8,10,14-15,17,19,26H,1,9,11-13H2,2-6H3,(H,24,29)(H,25,28)/b10-8+,23-16?/t15-,17-,19-/m0/s1. The first-order chi connectivity index (χ1) is 15.1. The van der Waals surface area contributed by atoms with Crippen molar-refractivity contribution in [2.45, 2.75) is 58.2 Å². The van der Waals surface area contributed by atoms with Crippen molar-refractivity contribution >= 4 is 29.4 Å². The minimum Gasteiger partial charge on any atom is -0.468 e. The van der Waals surface area contributed by atoms with E-state index < -0.39 is 30.0 Å². The lowest BCUT2D eigenvalue weighted by atomic mass is 10.0. The summed E-state index contributed by atoms with van der Waals surface area (Å²) in [4.78, 5) is 53.5. The summed E-state index contributed by atoms with van der Waals surface area (Å²) in [6.07, 6.45) is 6.15. The zero-order chi connectivity index (χ0) is 24.3. The maximum atomic E-state index is 12.8. The number of ether oxygens (including phenoxy) is 1. The Bertz CT molecular complexity index is 762. The second kappa shape index (κ2) is 13.4. The van der Waals surface area contributed by atoms with Crippen molar-refractivity contribution in [3.8, 4) is 0 Å². The van der Waals surface area contributed by atoms with E-state index >= 15 is 0 Å². The molecule has 3 N–H and O–H groups in total. The van der Waals surface area contributed by atoms with Gasteiger partial charge >= 0.3 is 5.97 Å². The minimum absolute atomic E-state index is 0.0739. The summed E-state index contributed by atoms with van der Waals surface area (Å²) in [6.45, 7) is 9.21. The lowest BCUT2D eigenvalue weighted by Crippen LogP contribution is -2.60. The number of hydrogen-bond donors (Lipinski definition) is 3. The summed E-state index contributed by atoms with van der Waals surface area (Å²) in [5.74, 6) is -1.79. The molecule has 1 aliphatic heterocycles.